The van der Waals surface area contributed by atoms with Gasteiger partial charge in [-0.3, -0.25) is 4.57 Å². The maximum atomic E-state index is 8.97. The lowest BCUT2D eigenvalue weighted by atomic mass is 10.2. The van der Waals surface area contributed by atoms with Gasteiger partial charge in [-0.05, 0) is 54.1 Å². The fourth-order valence-electron chi connectivity index (χ4n) is 3.20. The molecule has 0 aliphatic carbocycles. The molecule has 2 N–H and O–H groups in total. The number of thioether (sulfide) groups is 1. The zero-order chi connectivity index (χ0) is 22.2. The van der Waals surface area contributed by atoms with Crippen molar-refractivity contribution in [1.82, 2.24) is 14.8 Å². The van der Waals surface area contributed by atoms with E-state index in [1.54, 1.807) is 11.8 Å². The summed E-state index contributed by atoms with van der Waals surface area (Å²) in [5.74, 6) is 2.36. The molecule has 1 aromatic heterocycles. The summed E-state index contributed by atoms with van der Waals surface area (Å²) in [5, 5.41) is 18.5. The number of benzene rings is 3. The minimum absolute atomic E-state index is 0.497. The fraction of sp³-hybridized carbons (Fsp3) is 0.160. The van der Waals surface area contributed by atoms with Crippen molar-refractivity contribution in [2.24, 2.45) is 5.73 Å². The van der Waals surface area contributed by atoms with E-state index in [1.165, 1.54) is 0 Å². The van der Waals surface area contributed by atoms with E-state index < -0.39 is 0 Å². The van der Waals surface area contributed by atoms with Gasteiger partial charge in [-0.25, -0.2) is 0 Å². The molecule has 0 bridgehead atoms. The Balaban J connectivity index is 1.49. The van der Waals surface area contributed by atoms with E-state index in [2.05, 4.69) is 16.3 Å². The van der Waals surface area contributed by atoms with Crippen LogP contribution in [0.25, 0.3) is 5.69 Å². The summed E-state index contributed by atoms with van der Waals surface area (Å²) in [5.41, 5.74) is 9.66. The van der Waals surface area contributed by atoms with E-state index in [0.717, 1.165) is 39.3 Å². The number of nitrogens with zero attached hydrogens (tertiary/aromatic N) is 4. The van der Waals surface area contributed by atoms with Crippen molar-refractivity contribution in [3.8, 4) is 17.5 Å². The van der Waals surface area contributed by atoms with E-state index in [-0.39, 0.29) is 0 Å². The highest BCUT2D eigenvalue weighted by Gasteiger charge is 2.14. The van der Waals surface area contributed by atoms with Crippen LogP contribution in [0.3, 0.4) is 0 Å². The van der Waals surface area contributed by atoms with E-state index in [4.69, 9.17) is 15.7 Å². The first-order valence-corrected chi connectivity index (χ1v) is 11.3. The second-order valence-electron chi connectivity index (χ2n) is 7.14. The largest absolute Gasteiger partial charge is 0.489 e. The first-order valence-electron chi connectivity index (χ1n) is 10.3. The molecule has 1 heterocycles. The molecule has 4 aromatic rings. The quantitative estimate of drug-likeness (QED) is 0.384. The van der Waals surface area contributed by atoms with Gasteiger partial charge in [-0.2, -0.15) is 5.26 Å². The van der Waals surface area contributed by atoms with Crippen LogP contribution < -0.4 is 10.5 Å². The standard InChI is InChI=1S/C25H23N5OS/c26-15-14-24-28-29-25(32-18-21-8-6-19(16-27)7-9-21)30(24)22-10-12-23(13-11-22)31-17-20-4-2-1-3-5-20/h1-13H,14-15,17-18,26H2. The first-order chi connectivity index (χ1) is 15.8. The van der Waals surface area contributed by atoms with Crippen molar-refractivity contribution in [2.45, 2.75) is 23.9 Å². The third-order valence-corrected chi connectivity index (χ3v) is 5.86. The molecule has 0 saturated heterocycles. The van der Waals surface area contributed by atoms with Crippen LogP contribution in [0.15, 0.2) is 84.0 Å². The van der Waals surface area contributed by atoms with Gasteiger partial charge in [-0.15, -0.1) is 10.2 Å². The molecule has 0 saturated carbocycles. The summed E-state index contributed by atoms with van der Waals surface area (Å²) in [6.07, 6.45) is 0.636. The second-order valence-corrected chi connectivity index (χ2v) is 8.08. The normalized spacial score (nSPS) is 10.6. The van der Waals surface area contributed by atoms with Crippen molar-refractivity contribution >= 4 is 11.8 Å². The maximum Gasteiger partial charge on any atom is 0.196 e. The maximum absolute atomic E-state index is 8.97. The van der Waals surface area contributed by atoms with Crippen LogP contribution in [-0.4, -0.2) is 21.3 Å². The molecular weight excluding hydrogens is 418 g/mol. The molecular formula is C25H23N5OS. The molecule has 0 aliphatic rings. The van der Waals surface area contributed by atoms with Crippen LogP contribution in [-0.2, 0) is 18.8 Å². The first kappa shape index (κ1) is 21.6. The summed E-state index contributed by atoms with van der Waals surface area (Å²) in [4.78, 5) is 0. The minimum atomic E-state index is 0.497. The van der Waals surface area contributed by atoms with Crippen molar-refractivity contribution in [3.63, 3.8) is 0 Å². The average molecular weight is 442 g/mol. The fourth-order valence-corrected chi connectivity index (χ4v) is 4.13. The summed E-state index contributed by atoms with van der Waals surface area (Å²) >= 11 is 1.60. The Morgan fingerprint density at radius 2 is 1.66 bits per heavy atom. The third kappa shape index (κ3) is 5.35. The van der Waals surface area contributed by atoms with Crippen molar-refractivity contribution in [2.75, 3.05) is 6.54 Å². The predicted molar refractivity (Wildman–Crippen MR) is 126 cm³/mol. The van der Waals surface area contributed by atoms with Crippen LogP contribution in [0.2, 0.25) is 0 Å². The van der Waals surface area contributed by atoms with Gasteiger partial charge < -0.3 is 10.5 Å². The van der Waals surface area contributed by atoms with Gasteiger partial charge in [0.25, 0.3) is 0 Å². The lowest BCUT2D eigenvalue weighted by Gasteiger charge is -2.12. The van der Waals surface area contributed by atoms with Crippen LogP contribution in [0.1, 0.15) is 22.5 Å². The van der Waals surface area contributed by atoms with Crippen molar-refractivity contribution in [3.05, 3.63) is 101 Å². The summed E-state index contributed by atoms with van der Waals surface area (Å²) in [7, 11) is 0. The highest BCUT2D eigenvalue weighted by atomic mass is 32.2. The Labute approximate surface area is 191 Å². The Kier molecular flexibility index (Phi) is 7.18. The Morgan fingerprint density at radius 1 is 0.906 bits per heavy atom. The lowest BCUT2D eigenvalue weighted by molar-refractivity contribution is 0.306. The van der Waals surface area contributed by atoms with Crippen molar-refractivity contribution < 1.29 is 4.74 Å². The molecule has 160 valence electrons. The van der Waals surface area contributed by atoms with Gasteiger partial charge in [0, 0.05) is 17.9 Å². The van der Waals surface area contributed by atoms with Crippen LogP contribution >= 0.6 is 11.8 Å². The number of ether oxygens (including phenoxy) is 1. The number of hydrogen-bond acceptors (Lipinski definition) is 6. The molecule has 0 aliphatic heterocycles. The molecule has 6 nitrogen and oxygen atoms in total. The topological polar surface area (TPSA) is 89.8 Å². The van der Waals surface area contributed by atoms with E-state index in [9.17, 15) is 0 Å². The summed E-state index contributed by atoms with van der Waals surface area (Å²) in [6.45, 7) is 1.02. The molecule has 0 atom stereocenters. The second kappa shape index (κ2) is 10.6. The zero-order valence-corrected chi connectivity index (χ0v) is 18.3. The number of nitrogens with two attached hydrogens (primary N) is 1. The molecule has 7 heteroatoms. The molecule has 0 spiro atoms. The molecule has 0 fully saturated rings. The molecule has 4 rings (SSSR count). The number of rotatable bonds is 9. The summed E-state index contributed by atoms with van der Waals surface area (Å²) in [6, 6.07) is 27.8. The minimum Gasteiger partial charge on any atom is -0.489 e. The van der Waals surface area contributed by atoms with Crippen LogP contribution in [0.4, 0.5) is 0 Å². The average Bonchev–Trinajstić information content (AvgIpc) is 3.25. The Hall–Kier alpha value is -3.60. The van der Waals surface area contributed by atoms with Crippen molar-refractivity contribution in [1.29, 1.82) is 5.26 Å². The van der Waals surface area contributed by atoms with Gasteiger partial charge >= 0.3 is 0 Å². The van der Waals surface area contributed by atoms with Crippen LogP contribution in [0, 0.1) is 11.3 Å². The predicted octanol–water partition coefficient (Wildman–Crippen LogP) is 4.51. The highest BCUT2D eigenvalue weighted by molar-refractivity contribution is 7.98. The lowest BCUT2D eigenvalue weighted by Crippen LogP contribution is -2.09. The monoisotopic (exact) mass is 441 g/mol. The van der Waals surface area contributed by atoms with E-state index in [0.29, 0.717) is 25.1 Å². The zero-order valence-electron chi connectivity index (χ0n) is 17.5. The molecule has 0 amide bonds. The van der Waals surface area contributed by atoms with Gasteiger partial charge in [0.1, 0.15) is 18.2 Å². The van der Waals surface area contributed by atoms with E-state index >= 15 is 0 Å². The molecule has 32 heavy (non-hydrogen) atoms. The van der Waals surface area contributed by atoms with Crippen LogP contribution in [0.5, 0.6) is 5.75 Å². The van der Waals surface area contributed by atoms with Gasteiger partial charge in [0.05, 0.1) is 11.6 Å². The number of hydrogen-bond donors (Lipinski definition) is 1. The Bertz CT molecular complexity index is 1180. The van der Waals surface area contributed by atoms with Gasteiger partial charge in [0.2, 0.25) is 0 Å². The van der Waals surface area contributed by atoms with Gasteiger partial charge in [-0.1, -0.05) is 54.2 Å². The van der Waals surface area contributed by atoms with E-state index in [1.807, 2.05) is 83.4 Å². The Morgan fingerprint density at radius 3 is 2.34 bits per heavy atom. The third-order valence-electron chi connectivity index (χ3n) is 4.86. The number of aromatic nitrogens is 3. The summed E-state index contributed by atoms with van der Waals surface area (Å²) < 4.78 is 7.95. The molecule has 0 unspecified atom stereocenters. The molecule has 0 radical (unpaired) electrons. The SMILES string of the molecule is N#Cc1ccc(CSc2nnc(CCN)n2-c2ccc(OCc3ccccc3)cc2)cc1. The number of nitriles is 1. The molecule has 3 aromatic carbocycles. The van der Waals surface area contributed by atoms with Gasteiger partial charge in [0.15, 0.2) is 5.16 Å². The smallest absolute Gasteiger partial charge is 0.196 e. The highest BCUT2D eigenvalue weighted by Crippen LogP contribution is 2.27.